The molecule has 2 atom stereocenters. The van der Waals surface area contributed by atoms with Crippen LogP contribution in [-0.2, 0) is 0 Å². The predicted octanol–water partition coefficient (Wildman–Crippen LogP) is 3.30. The van der Waals surface area contributed by atoms with E-state index in [-0.39, 0.29) is 6.61 Å². The first-order valence-corrected chi connectivity index (χ1v) is 6.54. The van der Waals surface area contributed by atoms with Gasteiger partial charge in [-0.3, -0.25) is 0 Å². The van der Waals surface area contributed by atoms with Crippen LogP contribution in [0.3, 0.4) is 0 Å². The Kier molecular flexibility index (Phi) is 5.66. The van der Waals surface area contributed by atoms with Gasteiger partial charge in [0.15, 0.2) is 0 Å². The molecule has 0 spiro atoms. The fraction of sp³-hybridized carbons (Fsp3) is 0.600. The maximum atomic E-state index is 10.5. The minimum Gasteiger partial charge on any atom is -0.396 e. The van der Waals surface area contributed by atoms with E-state index in [0.717, 1.165) is 31.2 Å². The summed E-state index contributed by atoms with van der Waals surface area (Å²) in [6.45, 7) is 4.21. The smallest absolute Gasteiger partial charge is 0.0868 e. The summed E-state index contributed by atoms with van der Waals surface area (Å²) in [6, 6.07) is 9.65. The van der Waals surface area contributed by atoms with Gasteiger partial charge in [-0.05, 0) is 18.4 Å². The van der Waals surface area contributed by atoms with Gasteiger partial charge < -0.3 is 10.2 Å². The summed E-state index contributed by atoms with van der Waals surface area (Å²) < 4.78 is 0. The third kappa shape index (κ3) is 3.30. The Morgan fingerprint density at radius 2 is 1.82 bits per heavy atom. The average molecular weight is 236 g/mol. The molecular formula is C15H24O2. The summed E-state index contributed by atoms with van der Waals surface area (Å²) in [5.74, 6) is 0. The fourth-order valence-electron chi connectivity index (χ4n) is 2.30. The van der Waals surface area contributed by atoms with Gasteiger partial charge in [-0.25, -0.2) is 0 Å². The molecule has 0 saturated carbocycles. The summed E-state index contributed by atoms with van der Waals surface area (Å²) in [5, 5.41) is 20.2. The Balaban J connectivity index is 2.90. The van der Waals surface area contributed by atoms with Crippen molar-refractivity contribution in [2.24, 2.45) is 5.41 Å². The van der Waals surface area contributed by atoms with Gasteiger partial charge in [0.05, 0.1) is 12.7 Å². The molecule has 1 aromatic rings. The van der Waals surface area contributed by atoms with E-state index >= 15 is 0 Å². The molecule has 0 fully saturated rings. The zero-order chi connectivity index (χ0) is 12.7. The SMILES string of the molecule is CCCCC(CC)(CO)C(O)c1ccccc1. The molecule has 17 heavy (non-hydrogen) atoms. The summed E-state index contributed by atoms with van der Waals surface area (Å²) in [7, 11) is 0. The van der Waals surface area contributed by atoms with Crippen molar-refractivity contribution in [1.29, 1.82) is 0 Å². The highest BCUT2D eigenvalue weighted by molar-refractivity contribution is 5.19. The van der Waals surface area contributed by atoms with Gasteiger partial charge in [-0.2, -0.15) is 0 Å². The third-order valence-electron chi connectivity index (χ3n) is 3.74. The molecule has 0 aromatic heterocycles. The van der Waals surface area contributed by atoms with Crippen molar-refractivity contribution < 1.29 is 10.2 Å². The maximum absolute atomic E-state index is 10.5. The molecule has 0 heterocycles. The maximum Gasteiger partial charge on any atom is 0.0868 e. The topological polar surface area (TPSA) is 40.5 Å². The van der Waals surface area contributed by atoms with Crippen molar-refractivity contribution in [1.82, 2.24) is 0 Å². The highest BCUT2D eigenvalue weighted by Gasteiger charge is 2.35. The molecule has 2 unspecified atom stereocenters. The van der Waals surface area contributed by atoms with Crippen LogP contribution >= 0.6 is 0 Å². The van der Waals surface area contributed by atoms with Crippen LogP contribution in [0.5, 0.6) is 0 Å². The molecule has 0 aliphatic carbocycles. The van der Waals surface area contributed by atoms with Crippen LogP contribution in [0.1, 0.15) is 51.2 Å². The second kappa shape index (κ2) is 6.77. The quantitative estimate of drug-likeness (QED) is 0.762. The lowest BCUT2D eigenvalue weighted by molar-refractivity contribution is -0.0303. The molecule has 2 heteroatoms. The zero-order valence-electron chi connectivity index (χ0n) is 10.9. The van der Waals surface area contributed by atoms with E-state index in [4.69, 9.17) is 0 Å². The molecular weight excluding hydrogens is 212 g/mol. The minimum absolute atomic E-state index is 0.0412. The van der Waals surface area contributed by atoms with Crippen molar-refractivity contribution >= 4 is 0 Å². The Labute approximate surface area is 104 Å². The first kappa shape index (κ1) is 14.2. The van der Waals surface area contributed by atoms with Crippen LogP contribution in [0, 0.1) is 5.41 Å². The monoisotopic (exact) mass is 236 g/mol. The number of aliphatic hydroxyl groups excluding tert-OH is 2. The molecule has 0 bridgehead atoms. The first-order chi connectivity index (χ1) is 8.20. The largest absolute Gasteiger partial charge is 0.396 e. The average Bonchev–Trinajstić information content (AvgIpc) is 2.41. The minimum atomic E-state index is -0.578. The van der Waals surface area contributed by atoms with E-state index in [1.165, 1.54) is 0 Å². The molecule has 0 radical (unpaired) electrons. The van der Waals surface area contributed by atoms with Crippen molar-refractivity contribution in [3.05, 3.63) is 35.9 Å². The van der Waals surface area contributed by atoms with Crippen molar-refractivity contribution in [3.8, 4) is 0 Å². The molecule has 96 valence electrons. The lowest BCUT2D eigenvalue weighted by Gasteiger charge is -2.36. The molecule has 0 aliphatic heterocycles. The second-order valence-electron chi connectivity index (χ2n) is 4.79. The number of rotatable bonds is 7. The van der Waals surface area contributed by atoms with Crippen LogP contribution in [-0.4, -0.2) is 16.8 Å². The number of hydrogen-bond donors (Lipinski definition) is 2. The Hall–Kier alpha value is -0.860. The van der Waals surface area contributed by atoms with Crippen LogP contribution in [0.15, 0.2) is 30.3 Å². The summed E-state index contributed by atoms with van der Waals surface area (Å²) in [5.41, 5.74) is 0.511. The summed E-state index contributed by atoms with van der Waals surface area (Å²) in [6.07, 6.45) is 3.21. The summed E-state index contributed by atoms with van der Waals surface area (Å²) >= 11 is 0. The molecule has 1 rings (SSSR count). The fourth-order valence-corrected chi connectivity index (χ4v) is 2.30. The van der Waals surface area contributed by atoms with Gasteiger partial charge in [0.1, 0.15) is 0 Å². The van der Waals surface area contributed by atoms with E-state index in [1.54, 1.807) is 0 Å². The highest BCUT2D eigenvalue weighted by atomic mass is 16.3. The molecule has 2 nitrogen and oxygen atoms in total. The molecule has 0 amide bonds. The van der Waals surface area contributed by atoms with Crippen molar-refractivity contribution in [2.45, 2.75) is 45.6 Å². The van der Waals surface area contributed by atoms with E-state index in [0.29, 0.717) is 0 Å². The Morgan fingerprint density at radius 1 is 1.18 bits per heavy atom. The lowest BCUT2D eigenvalue weighted by atomic mass is 9.73. The van der Waals surface area contributed by atoms with Crippen LogP contribution in [0.4, 0.5) is 0 Å². The van der Waals surface area contributed by atoms with Crippen molar-refractivity contribution in [2.75, 3.05) is 6.61 Å². The normalized spacial score (nSPS) is 16.5. The van der Waals surface area contributed by atoms with Gasteiger partial charge in [-0.1, -0.05) is 57.0 Å². The molecule has 0 saturated heterocycles. The van der Waals surface area contributed by atoms with Gasteiger partial charge >= 0.3 is 0 Å². The Bertz CT molecular complexity index is 304. The first-order valence-electron chi connectivity index (χ1n) is 6.54. The predicted molar refractivity (Wildman–Crippen MR) is 70.7 cm³/mol. The molecule has 0 aliphatic rings. The number of hydrogen-bond acceptors (Lipinski definition) is 2. The number of benzene rings is 1. The van der Waals surface area contributed by atoms with E-state index < -0.39 is 11.5 Å². The van der Waals surface area contributed by atoms with Gasteiger partial charge in [-0.15, -0.1) is 0 Å². The molecule has 1 aromatic carbocycles. The Morgan fingerprint density at radius 3 is 2.29 bits per heavy atom. The summed E-state index contributed by atoms with van der Waals surface area (Å²) in [4.78, 5) is 0. The second-order valence-corrected chi connectivity index (χ2v) is 4.79. The van der Waals surface area contributed by atoms with E-state index in [2.05, 4.69) is 6.92 Å². The third-order valence-corrected chi connectivity index (χ3v) is 3.74. The van der Waals surface area contributed by atoms with E-state index in [9.17, 15) is 10.2 Å². The van der Waals surface area contributed by atoms with Crippen molar-refractivity contribution in [3.63, 3.8) is 0 Å². The van der Waals surface area contributed by atoms with Gasteiger partial charge in [0, 0.05) is 5.41 Å². The van der Waals surface area contributed by atoms with Gasteiger partial charge in [0.2, 0.25) is 0 Å². The number of aliphatic hydroxyl groups is 2. The standard InChI is InChI=1S/C15H24O2/c1-3-5-11-15(4-2,12-16)14(17)13-9-7-6-8-10-13/h6-10,14,16-17H,3-5,11-12H2,1-2H3. The lowest BCUT2D eigenvalue weighted by Crippen LogP contribution is -2.32. The zero-order valence-corrected chi connectivity index (χ0v) is 10.9. The number of unbranched alkanes of at least 4 members (excludes halogenated alkanes) is 1. The van der Waals surface area contributed by atoms with Gasteiger partial charge in [0.25, 0.3) is 0 Å². The highest BCUT2D eigenvalue weighted by Crippen LogP contribution is 2.41. The van der Waals surface area contributed by atoms with E-state index in [1.807, 2.05) is 37.3 Å². The molecule has 2 N–H and O–H groups in total. The van der Waals surface area contributed by atoms with Crippen LogP contribution in [0.2, 0.25) is 0 Å². The van der Waals surface area contributed by atoms with Crippen LogP contribution in [0.25, 0.3) is 0 Å². The van der Waals surface area contributed by atoms with Crippen LogP contribution < -0.4 is 0 Å².